The molecule has 100 valence electrons. The molecule has 0 radical (unpaired) electrons. The molecule has 1 aliphatic rings. The van der Waals surface area contributed by atoms with Gasteiger partial charge in [0, 0.05) is 45.6 Å². The highest BCUT2D eigenvalue weighted by atomic mass is 16.5. The number of anilines is 1. The molecule has 0 unspecified atom stereocenters. The molecule has 1 aromatic carbocycles. The lowest BCUT2D eigenvalue weighted by Gasteiger charge is -2.23. The van der Waals surface area contributed by atoms with Crippen LogP contribution in [0.3, 0.4) is 0 Å². The summed E-state index contributed by atoms with van der Waals surface area (Å²) in [6.07, 6.45) is 2.39. The Labute approximate surface area is 110 Å². The van der Waals surface area contributed by atoms with Crippen molar-refractivity contribution < 1.29 is 4.74 Å². The standard InChI is InChI=1S/C15H24N2O/c1-18-14-6-10-16-9-5-11-17(13-12-16)15-7-3-2-4-8-15/h2-4,7-8H,5-6,9-14H2,1H3. The van der Waals surface area contributed by atoms with E-state index >= 15 is 0 Å². The second-order valence-electron chi connectivity index (χ2n) is 4.86. The SMILES string of the molecule is COCCCN1CCCN(c2ccccc2)CC1. The molecule has 0 saturated carbocycles. The summed E-state index contributed by atoms with van der Waals surface area (Å²) in [6, 6.07) is 10.7. The van der Waals surface area contributed by atoms with Gasteiger partial charge in [-0.2, -0.15) is 0 Å². The monoisotopic (exact) mass is 248 g/mol. The van der Waals surface area contributed by atoms with Gasteiger partial charge in [-0.1, -0.05) is 18.2 Å². The zero-order valence-corrected chi connectivity index (χ0v) is 11.3. The number of hydrogen-bond donors (Lipinski definition) is 0. The third-order valence-corrected chi connectivity index (χ3v) is 3.53. The molecule has 0 spiro atoms. The van der Waals surface area contributed by atoms with Crippen molar-refractivity contribution in [2.24, 2.45) is 0 Å². The third-order valence-electron chi connectivity index (χ3n) is 3.53. The van der Waals surface area contributed by atoms with Crippen molar-refractivity contribution in [1.29, 1.82) is 0 Å². The lowest BCUT2D eigenvalue weighted by Crippen LogP contribution is -2.31. The van der Waals surface area contributed by atoms with E-state index in [0.717, 1.165) is 26.1 Å². The molecule has 18 heavy (non-hydrogen) atoms. The molecule has 0 bridgehead atoms. The molecule has 1 aliphatic heterocycles. The van der Waals surface area contributed by atoms with Crippen molar-refractivity contribution in [3.05, 3.63) is 30.3 Å². The Bertz CT molecular complexity index is 329. The van der Waals surface area contributed by atoms with Crippen LogP contribution in [-0.4, -0.2) is 51.3 Å². The maximum atomic E-state index is 5.12. The Morgan fingerprint density at radius 1 is 1.06 bits per heavy atom. The Hall–Kier alpha value is -1.06. The topological polar surface area (TPSA) is 15.7 Å². The maximum Gasteiger partial charge on any atom is 0.0474 e. The van der Waals surface area contributed by atoms with Crippen molar-refractivity contribution in [1.82, 2.24) is 4.90 Å². The summed E-state index contributed by atoms with van der Waals surface area (Å²) in [5.74, 6) is 0. The van der Waals surface area contributed by atoms with Gasteiger partial charge in [-0.05, 0) is 31.5 Å². The second-order valence-corrected chi connectivity index (χ2v) is 4.86. The van der Waals surface area contributed by atoms with Crippen molar-refractivity contribution in [3.8, 4) is 0 Å². The van der Waals surface area contributed by atoms with E-state index in [1.54, 1.807) is 7.11 Å². The molecular weight excluding hydrogens is 224 g/mol. The highest BCUT2D eigenvalue weighted by Crippen LogP contribution is 2.15. The fraction of sp³-hybridized carbons (Fsp3) is 0.600. The van der Waals surface area contributed by atoms with E-state index in [1.165, 1.54) is 31.7 Å². The summed E-state index contributed by atoms with van der Waals surface area (Å²) in [5.41, 5.74) is 1.36. The first-order valence-corrected chi connectivity index (χ1v) is 6.91. The normalized spacial score (nSPS) is 17.7. The number of hydrogen-bond acceptors (Lipinski definition) is 3. The largest absolute Gasteiger partial charge is 0.385 e. The quantitative estimate of drug-likeness (QED) is 0.743. The predicted octanol–water partition coefficient (Wildman–Crippen LogP) is 2.24. The Morgan fingerprint density at radius 3 is 2.67 bits per heavy atom. The molecule has 1 heterocycles. The van der Waals surface area contributed by atoms with Crippen LogP contribution in [0.25, 0.3) is 0 Å². The van der Waals surface area contributed by atoms with Crippen molar-refractivity contribution >= 4 is 5.69 Å². The summed E-state index contributed by atoms with van der Waals surface area (Å²) in [4.78, 5) is 5.05. The molecule has 0 aromatic heterocycles. The number of rotatable bonds is 5. The van der Waals surface area contributed by atoms with Gasteiger partial charge in [0.1, 0.15) is 0 Å². The van der Waals surface area contributed by atoms with Gasteiger partial charge in [-0.3, -0.25) is 0 Å². The molecule has 0 amide bonds. The number of para-hydroxylation sites is 1. The van der Waals surface area contributed by atoms with Crippen LogP contribution < -0.4 is 4.90 Å². The van der Waals surface area contributed by atoms with Gasteiger partial charge in [0.2, 0.25) is 0 Å². The molecule has 3 heteroatoms. The maximum absolute atomic E-state index is 5.12. The summed E-state index contributed by atoms with van der Waals surface area (Å²) in [6.45, 7) is 6.73. The lowest BCUT2D eigenvalue weighted by molar-refractivity contribution is 0.174. The molecule has 1 saturated heterocycles. The van der Waals surface area contributed by atoms with E-state index in [9.17, 15) is 0 Å². The number of methoxy groups -OCH3 is 1. The van der Waals surface area contributed by atoms with Crippen LogP contribution in [0, 0.1) is 0 Å². The van der Waals surface area contributed by atoms with Crippen molar-refractivity contribution in [2.45, 2.75) is 12.8 Å². The number of ether oxygens (including phenoxy) is 1. The first-order chi connectivity index (χ1) is 8.90. The highest BCUT2D eigenvalue weighted by Gasteiger charge is 2.14. The summed E-state index contributed by atoms with van der Waals surface area (Å²) in [7, 11) is 1.78. The van der Waals surface area contributed by atoms with Crippen LogP contribution in [0.2, 0.25) is 0 Å². The van der Waals surface area contributed by atoms with Gasteiger partial charge in [0.25, 0.3) is 0 Å². The summed E-state index contributed by atoms with van der Waals surface area (Å²) >= 11 is 0. The van der Waals surface area contributed by atoms with E-state index in [-0.39, 0.29) is 0 Å². The first-order valence-electron chi connectivity index (χ1n) is 6.91. The number of nitrogens with zero attached hydrogens (tertiary/aromatic N) is 2. The van der Waals surface area contributed by atoms with E-state index in [1.807, 2.05) is 0 Å². The highest BCUT2D eigenvalue weighted by molar-refractivity contribution is 5.46. The fourth-order valence-electron chi connectivity index (χ4n) is 2.52. The van der Waals surface area contributed by atoms with Gasteiger partial charge >= 0.3 is 0 Å². The minimum absolute atomic E-state index is 0.874. The average molecular weight is 248 g/mol. The van der Waals surface area contributed by atoms with E-state index < -0.39 is 0 Å². The molecule has 1 aromatic rings. The molecular formula is C15H24N2O. The minimum atomic E-state index is 0.874. The zero-order chi connectivity index (χ0) is 12.6. The summed E-state index contributed by atoms with van der Waals surface area (Å²) < 4.78 is 5.12. The van der Waals surface area contributed by atoms with Crippen LogP contribution in [0.15, 0.2) is 30.3 Å². The molecule has 3 nitrogen and oxygen atoms in total. The van der Waals surface area contributed by atoms with Gasteiger partial charge in [-0.25, -0.2) is 0 Å². The van der Waals surface area contributed by atoms with Gasteiger partial charge in [0.05, 0.1) is 0 Å². The van der Waals surface area contributed by atoms with Crippen LogP contribution in [0.5, 0.6) is 0 Å². The van der Waals surface area contributed by atoms with Crippen LogP contribution in [0.4, 0.5) is 5.69 Å². The van der Waals surface area contributed by atoms with E-state index in [2.05, 4.69) is 40.1 Å². The predicted molar refractivity (Wildman–Crippen MR) is 76.2 cm³/mol. The Kier molecular flexibility index (Phi) is 5.49. The Balaban J connectivity index is 1.81. The average Bonchev–Trinajstić information content (AvgIpc) is 2.66. The molecule has 0 aliphatic carbocycles. The Morgan fingerprint density at radius 2 is 1.89 bits per heavy atom. The number of benzene rings is 1. The van der Waals surface area contributed by atoms with Gasteiger partial charge in [-0.15, -0.1) is 0 Å². The van der Waals surface area contributed by atoms with E-state index in [4.69, 9.17) is 4.74 Å². The van der Waals surface area contributed by atoms with E-state index in [0.29, 0.717) is 0 Å². The molecule has 0 atom stereocenters. The zero-order valence-electron chi connectivity index (χ0n) is 11.3. The van der Waals surface area contributed by atoms with Gasteiger partial charge < -0.3 is 14.5 Å². The first kappa shape index (κ1) is 13.4. The third kappa shape index (κ3) is 4.00. The molecule has 1 fully saturated rings. The molecule has 2 rings (SSSR count). The smallest absolute Gasteiger partial charge is 0.0474 e. The van der Waals surface area contributed by atoms with Crippen LogP contribution in [0.1, 0.15) is 12.8 Å². The van der Waals surface area contributed by atoms with Crippen LogP contribution in [-0.2, 0) is 4.74 Å². The van der Waals surface area contributed by atoms with Gasteiger partial charge in [0.15, 0.2) is 0 Å². The summed E-state index contributed by atoms with van der Waals surface area (Å²) in [5, 5.41) is 0. The fourth-order valence-corrected chi connectivity index (χ4v) is 2.52. The second kappa shape index (κ2) is 7.39. The van der Waals surface area contributed by atoms with Crippen molar-refractivity contribution in [3.63, 3.8) is 0 Å². The lowest BCUT2D eigenvalue weighted by atomic mass is 10.3. The molecule has 0 N–H and O–H groups in total. The van der Waals surface area contributed by atoms with Crippen LogP contribution >= 0.6 is 0 Å². The van der Waals surface area contributed by atoms with Crippen molar-refractivity contribution in [2.75, 3.05) is 51.3 Å². The minimum Gasteiger partial charge on any atom is -0.385 e.